The highest BCUT2D eigenvalue weighted by atomic mass is 127. The standard InChI is InChI=1S/C20H24N2O2.HI/c1-3-12-10-22(2)8-7-20-15-5-4-6-16(24)18(15)21-19(20)14(11-23)13(12)9-17(20)22;/h3-6,11,13-14,17,19,21H,7-10H2,1-2H3;1H/b12-3-;/t13-,14?,17?,19?,20?,22?;/m1./s1. The van der Waals surface area contributed by atoms with Gasteiger partial charge in [0.25, 0.3) is 0 Å². The Bertz CT molecular complexity index is 779. The van der Waals surface area contributed by atoms with Crippen LogP contribution < -0.4 is 29.3 Å². The summed E-state index contributed by atoms with van der Waals surface area (Å²) in [5.74, 6) is 0.665. The lowest BCUT2D eigenvalue weighted by Crippen LogP contribution is -3.00. The molecule has 2 N–H and O–H groups in total. The molecule has 4 aliphatic rings. The zero-order valence-electron chi connectivity index (χ0n) is 14.7. The van der Waals surface area contributed by atoms with Crippen LogP contribution in [0.5, 0.6) is 5.75 Å². The number of anilines is 1. The summed E-state index contributed by atoms with van der Waals surface area (Å²) in [5, 5.41) is 14.0. The minimum absolute atomic E-state index is 0. The number of piperidine rings is 1. The number of hydrogen-bond donors (Lipinski definition) is 2. The number of phenolic OH excluding ortho intramolecular Hbond substituents is 1. The van der Waals surface area contributed by atoms with Crippen molar-refractivity contribution in [2.45, 2.75) is 37.3 Å². The van der Waals surface area contributed by atoms with Crippen LogP contribution in [0.25, 0.3) is 0 Å². The number of allylic oxidation sites excluding steroid dienone is 1. The van der Waals surface area contributed by atoms with Crippen molar-refractivity contribution in [3.8, 4) is 5.75 Å². The molecule has 1 aromatic rings. The van der Waals surface area contributed by atoms with Crippen LogP contribution in [0.2, 0.25) is 0 Å². The van der Waals surface area contributed by atoms with Crippen LogP contribution in [-0.2, 0) is 10.2 Å². The fourth-order valence-corrected chi connectivity index (χ4v) is 6.66. The molecule has 134 valence electrons. The summed E-state index contributed by atoms with van der Waals surface area (Å²) >= 11 is 0. The number of aromatic hydroxyl groups is 1. The molecule has 1 spiro atoms. The van der Waals surface area contributed by atoms with E-state index in [0.717, 1.165) is 36.1 Å². The number of nitrogens with zero attached hydrogens (tertiary/aromatic N) is 1. The zero-order valence-corrected chi connectivity index (χ0v) is 16.9. The Kier molecular flexibility index (Phi) is 3.79. The maximum absolute atomic E-state index is 12.1. The molecule has 5 heteroatoms. The van der Waals surface area contributed by atoms with Gasteiger partial charge in [-0.1, -0.05) is 18.2 Å². The molecule has 3 fully saturated rings. The van der Waals surface area contributed by atoms with Crippen molar-refractivity contribution in [3.63, 3.8) is 0 Å². The Morgan fingerprint density at radius 1 is 1.40 bits per heavy atom. The minimum Gasteiger partial charge on any atom is -1.00 e. The van der Waals surface area contributed by atoms with Crippen LogP contribution in [0.4, 0.5) is 5.69 Å². The maximum atomic E-state index is 12.1. The van der Waals surface area contributed by atoms with E-state index in [1.807, 2.05) is 6.07 Å². The molecule has 5 unspecified atom stereocenters. The Balaban J connectivity index is 0.00000157. The van der Waals surface area contributed by atoms with Gasteiger partial charge in [0, 0.05) is 24.7 Å². The van der Waals surface area contributed by atoms with Gasteiger partial charge in [-0.2, -0.15) is 0 Å². The van der Waals surface area contributed by atoms with E-state index in [2.05, 4.69) is 31.4 Å². The van der Waals surface area contributed by atoms with Gasteiger partial charge in [0.05, 0.1) is 30.7 Å². The van der Waals surface area contributed by atoms with Crippen LogP contribution in [0.15, 0.2) is 29.8 Å². The number of halogens is 1. The molecule has 2 bridgehead atoms. The molecule has 4 nitrogen and oxygen atoms in total. The van der Waals surface area contributed by atoms with Crippen LogP contribution in [-0.4, -0.2) is 48.1 Å². The average molecular weight is 452 g/mol. The quantitative estimate of drug-likeness (QED) is 0.198. The molecule has 25 heavy (non-hydrogen) atoms. The summed E-state index contributed by atoms with van der Waals surface area (Å²) in [6.07, 6.45) is 5.61. The number of quaternary nitrogens is 1. The topological polar surface area (TPSA) is 49.3 Å². The molecule has 1 aromatic carbocycles. The molecule has 1 aliphatic carbocycles. The number of likely N-dealkylation sites (N-methyl/N-ethyl adjacent to an activating group) is 1. The van der Waals surface area contributed by atoms with Gasteiger partial charge in [-0.15, -0.1) is 0 Å². The molecule has 0 radical (unpaired) electrons. The second-order valence-electron chi connectivity index (χ2n) is 8.41. The molecule has 2 saturated heterocycles. The van der Waals surface area contributed by atoms with Crippen molar-refractivity contribution < 1.29 is 38.4 Å². The van der Waals surface area contributed by atoms with Crippen molar-refractivity contribution in [1.82, 2.24) is 0 Å². The van der Waals surface area contributed by atoms with Gasteiger partial charge in [0.2, 0.25) is 0 Å². The molecule has 1 saturated carbocycles. The van der Waals surface area contributed by atoms with Crippen molar-refractivity contribution in [2.75, 3.05) is 25.5 Å². The van der Waals surface area contributed by atoms with Crippen molar-refractivity contribution in [1.29, 1.82) is 0 Å². The van der Waals surface area contributed by atoms with E-state index >= 15 is 0 Å². The van der Waals surface area contributed by atoms with Gasteiger partial charge in [-0.05, 0) is 24.1 Å². The predicted molar refractivity (Wildman–Crippen MR) is 92.9 cm³/mol. The van der Waals surface area contributed by atoms with E-state index in [9.17, 15) is 9.90 Å². The Morgan fingerprint density at radius 2 is 2.20 bits per heavy atom. The maximum Gasteiger partial charge on any atom is 0.138 e. The van der Waals surface area contributed by atoms with Crippen molar-refractivity contribution >= 4 is 12.0 Å². The first-order valence-corrected chi connectivity index (χ1v) is 9.09. The van der Waals surface area contributed by atoms with Gasteiger partial charge in [-0.3, -0.25) is 0 Å². The zero-order chi connectivity index (χ0) is 16.7. The highest BCUT2D eigenvalue weighted by Crippen LogP contribution is 2.63. The molecule has 5 rings (SSSR count). The number of fused-ring (bicyclic) bond motifs is 2. The lowest BCUT2D eigenvalue weighted by molar-refractivity contribution is -0.924. The normalized spacial score (nSPS) is 44.5. The molecule has 0 aromatic heterocycles. The van der Waals surface area contributed by atoms with Gasteiger partial charge in [0.1, 0.15) is 24.6 Å². The first kappa shape index (κ1) is 17.3. The summed E-state index contributed by atoms with van der Waals surface area (Å²) in [4.78, 5) is 12.1. The number of phenols is 1. The number of benzene rings is 1. The van der Waals surface area contributed by atoms with Gasteiger partial charge in [-0.25, -0.2) is 0 Å². The molecule has 3 heterocycles. The number of para-hydroxylation sites is 1. The smallest absolute Gasteiger partial charge is 0.138 e. The predicted octanol–water partition coefficient (Wildman–Crippen LogP) is -0.558. The molecule has 0 amide bonds. The van der Waals surface area contributed by atoms with Crippen LogP contribution >= 0.6 is 0 Å². The summed E-state index contributed by atoms with van der Waals surface area (Å²) in [5.41, 5.74) is 3.55. The van der Waals surface area contributed by atoms with E-state index in [4.69, 9.17) is 0 Å². The third-order valence-corrected chi connectivity index (χ3v) is 7.66. The van der Waals surface area contributed by atoms with Crippen LogP contribution in [0.1, 0.15) is 25.3 Å². The SMILES string of the molecule is C/C=C1/C[N+]2(C)CCC34c5cccc(O)c5NC3C(C=O)[C@@H]1CC42.[I-]. The molecular weight excluding hydrogens is 427 g/mol. The number of carbonyl (C=O) groups is 1. The third-order valence-electron chi connectivity index (χ3n) is 7.66. The summed E-state index contributed by atoms with van der Waals surface area (Å²) in [6, 6.07) is 6.52. The highest BCUT2D eigenvalue weighted by molar-refractivity contribution is 5.74. The monoisotopic (exact) mass is 452 g/mol. The lowest BCUT2D eigenvalue weighted by Gasteiger charge is -2.55. The lowest BCUT2D eigenvalue weighted by atomic mass is 9.55. The molecular formula is C20H25IN2O2. The third kappa shape index (κ3) is 1.89. The largest absolute Gasteiger partial charge is 1.00 e. The number of nitrogens with one attached hydrogen (secondary N) is 1. The van der Waals surface area contributed by atoms with E-state index < -0.39 is 0 Å². The van der Waals surface area contributed by atoms with E-state index in [1.165, 1.54) is 17.4 Å². The Labute approximate surface area is 165 Å². The number of rotatable bonds is 1. The second kappa shape index (κ2) is 5.46. The van der Waals surface area contributed by atoms with Gasteiger partial charge < -0.3 is 43.7 Å². The van der Waals surface area contributed by atoms with Crippen molar-refractivity contribution in [2.24, 2.45) is 11.8 Å². The Morgan fingerprint density at radius 3 is 2.92 bits per heavy atom. The number of carbonyl (C=O) groups excluding carboxylic acids is 1. The summed E-state index contributed by atoms with van der Waals surface area (Å²) < 4.78 is 1.08. The highest BCUT2D eigenvalue weighted by Gasteiger charge is 2.71. The van der Waals surface area contributed by atoms with E-state index in [-0.39, 0.29) is 41.4 Å². The second-order valence-corrected chi connectivity index (χ2v) is 8.41. The minimum atomic E-state index is -0.00975. The summed E-state index contributed by atoms with van der Waals surface area (Å²) in [7, 11) is 2.39. The number of hydrogen-bond acceptors (Lipinski definition) is 3. The first-order valence-electron chi connectivity index (χ1n) is 9.09. The molecule has 6 atom stereocenters. The van der Waals surface area contributed by atoms with E-state index in [0.29, 0.717) is 17.7 Å². The number of aldehydes is 1. The van der Waals surface area contributed by atoms with Crippen LogP contribution in [0.3, 0.4) is 0 Å². The fraction of sp³-hybridized carbons (Fsp3) is 0.550. The summed E-state index contributed by atoms with van der Waals surface area (Å²) in [6.45, 7) is 4.33. The van der Waals surface area contributed by atoms with Crippen molar-refractivity contribution in [3.05, 3.63) is 35.4 Å². The molecule has 3 aliphatic heterocycles. The van der Waals surface area contributed by atoms with E-state index in [1.54, 1.807) is 6.07 Å². The fourth-order valence-electron chi connectivity index (χ4n) is 6.66. The Hall–Kier alpha value is -1.08. The van der Waals surface area contributed by atoms with Gasteiger partial charge in [0.15, 0.2) is 0 Å². The van der Waals surface area contributed by atoms with Crippen LogP contribution in [0, 0.1) is 11.8 Å². The first-order chi connectivity index (χ1) is 11.5. The average Bonchev–Trinajstić information content (AvgIpc) is 3.09. The van der Waals surface area contributed by atoms with Gasteiger partial charge >= 0.3 is 0 Å².